The minimum absolute atomic E-state index is 0.771. The van der Waals surface area contributed by atoms with E-state index in [4.69, 9.17) is 0 Å². The topological polar surface area (TPSA) is 3.24 Å². The molecule has 0 bridgehead atoms. The van der Waals surface area contributed by atoms with E-state index in [0.29, 0.717) is 0 Å². The van der Waals surface area contributed by atoms with Gasteiger partial charge >= 0.3 is 0 Å². The molecule has 1 aliphatic heterocycles. The summed E-state index contributed by atoms with van der Waals surface area (Å²) in [4.78, 5) is 2.51. The molecule has 2 aliphatic rings. The van der Waals surface area contributed by atoms with Crippen LogP contribution in [0.4, 0.5) is 0 Å². The van der Waals surface area contributed by atoms with Crippen LogP contribution in [0.3, 0.4) is 0 Å². The average molecular weight is 213 g/mol. The van der Waals surface area contributed by atoms with Gasteiger partial charge in [-0.05, 0) is 38.3 Å². The Morgan fingerprint density at radius 2 is 1.33 bits per heavy atom. The van der Waals surface area contributed by atoms with Gasteiger partial charge in [-0.2, -0.15) is 0 Å². The van der Waals surface area contributed by atoms with Crippen molar-refractivity contribution in [3.8, 4) is 0 Å². The van der Waals surface area contributed by atoms with Gasteiger partial charge in [0.25, 0.3) is 0 Å². The molecule has 1 heterocycles. The van der Waals surface area contributed by atoms with Gasteiger partial charge in [-0.1, -0.05) is 47.0 Å². The van der Waals surface area contributed by atoms with Crippen molar-refractivity contribution in [3.63, 3.8) is 0 Å². The summed E-state index contributed by atoms with van der Waals surface area (Å²) in [5, 5.41) is 0. The lowest BCUT2D eigenvalue weighted by molar-refractivity contribution is 0.195. The van der Waals surface area contributed by atoms with Crippen molar-refractivity contribution in [2.75, 3.05) is 20.1 Å². The number of likely N-dealkylation sites (tertiary alicyclic amines) is 1. The highest BCUT2D eigenvalue weighted by atomic mass is 15.1. The first-order chi connectivity index (χ1) is 7.31. The van der Waals surface area contributed by atoms with E-state index in [2.05, 4.69) is 11.9 Å². The van der Waals surface area contributed by atoms with Gasteiger partial charge in [-0.15, -0.1) is 0 Å². The normalized spacial score (nSPS) is 23.8. The van der Waals surface area contributed by atoms with Gasteiger partial charge in [0.2, 0.25) is 0 Å². The number of hydrogen-bond acceptors (Lipinski definition) is 1. The molecule has 2 rings (SSSR count). The van der Waals surface area contributed by atoms with Crippen molar-refractivity contribution in [1.82, 2.24) is 4.90 Å². The summed E-state index contributed by atoms with van der Waals surface area (Å²) < 4.78 is 0. The first-order valence-corrected chi connectivity index (χ1v) is 6.99. The zero-order valence-corrected chi connectivity index (χ0v) is 11.6. The number of nitrogens with zero attached hydrogens (tertiary/aromatic N) is 1. The molecule has 0 radical (unpaired) electrons. The Morgan fingerprint density at radius 1 is 0.800 bits per heavy atom. The molecule has 0 aromatic carbocycles. The quantitative estimate of drug-likeness (QED) is 0.579. The van der Waals surface area contributed by atoms with E-state index in [1.165, 1.54) is 51.6 Å². The van der Waals surface area contributed by atoms with Crippen molar-refractivity contribution in [2.45, 2.75) is 66.2 Å². The molecule has 1 spiro atoms. The van der Waals surface area contributed by atoms with E-state index >= 15 is 0 Å². The van der Waals surface area contributed by atoms with Crippen LogP contribution in [0.25, 0.3) is 0 Å². The summed E-state index contributed by atoms with van der Waals surface area (Å²) in [5.74, 6) is 0. The predicted molar refractivity (Wildman–Crippen MR) is 70.3 cm³/mol. The third-order valence-electron chi connectivity index (χ3n) is 3.54. The molecule has 2 fully saturated rings. The second-order valence-electron chi connectivity index (χ2n) is 4.55. The fourth-order valence-electron chi connectivity index (χ4n) is 2.87. The summed E-state index contributed by atoms with van der Waals surface area (Å²) in [7, 11) is 2.27. The fourth-order valence-corrected chi connectivity index (χ4v) is 2.87. The van der Waals surface area contributed by atoms with E-state index in [1.54, 1.807) is 0 Å². The third-order valence-corrected chi connectivity index (χ3v) is 3.54. The minimum atomic E-state index is 0.771. The van der Waals surface area contributed by atoms with E-state index in [-0.39, 0.29) is 0 Å². The fraction of sp³-hybridized carbons (Fsp3) is 1.00. The Balaban J connectivity index is 0.000000442. The molecule has 0 atom stereocenters. The molecule has 1 nitrogen and oxygen atoms in total. The number of rotatable bonds is 0. The second kappa shape index (κ2) is 8.15. The lowest BCUT2D eigenvalue weighted by atomic mass is 9.74. The summed E-state index contributed by atoms with van der Waals surface area (Å²) >= 11 is 0. The molecular formula is C14H31N. The smallest absolute Gasteiger partial charge is 0.00354 e. The van der Waals surface area contributed by atoms with Crippen LogP contribution < -0.4 is 0 Å². The molecular weight excluding hydrogens is 182 g/mol. The van der Waals surface area contributed by atoms with Crippen LogP contribution in [-0.4, -0.2) is 25.0 Å². The monoisotopic (exact) mass is 213 g/mol. The van der Waals surface area contributed by atoms with Crippen LogP contribution in [0.5, 0.6) is 0 Å². The summed E-state index contributed by atoms with van der Waals surface area (Å²) in [6, 6.07) is 0. The first kappa shape index (κ1) is 15.0. The molecule has 0 N–H and O–H groups in total. The average Bonchev–Trinajstić information content (AvgIpc) is 2.66. The Hall–Kier alpha value is -0.0400. The SMILES string of the molecule is CC.CC.CN1CCC2(CCCCC2)C1. The minimum Gasteiger partial charge on any atom is -0.306 e. The van der Waals surface area contributed by atoms with Crippen molar-refractivity contribution in [2.24, 2.45) is 5.41 Å². The maximum atomic E-state index is 2.51. The van der Waals surface area contributed by atoms with Crippen LogP contribution >= 0.6 is 0 Å². The highest BCUT2D eigenvalue weighted by Gasteiger charge is 2.36. The van der Waals surface area contributed by atoms with Crippen LogP contribution in [0.1, 0.15) is 66.2 Å². The van der Waals surface area contributed by atoms with Gasteiger partial charge in [0.05, 0.1) is 0 Å². The molecule has 92 valence electrons. The summed E-state index contributed by atoms with van der Waals surface area (Å²) in [6.07, 6.45) is 8.98. The van der Waals surface area contributed by atoms with Gasteiger partial charge in [0, 0.05) is 6.54 Å². The molecule has 1 saturated carbocycles. The van der Waals surface area contributed by atoms with Gasteiger partial charge in [-0.25, -0.2) is 0 Å². The summed E-state index contributed by atoms with van der Waals surface area (Å²) in [5.41, 5.74) is 0.771. The maximum absolute atomic E-state index is 2.51. The van der Waals surface area contributed by atoms with Crippen LogP contribution in [0, 0.1) is 5.41 Å². The second-order valence-corrected chi connectivity index (χ2v) is 4.55. The molecule has 0 aromatic heterocycles. The Morgan fingerprint density at radius 3 is 1.73 bits per heavy atom. The molecule has 0 aromatic rings. The molecule has 0 unspecified atom stereocenters. The Kier molecular flexibility index (Phi) is 8.13. The molecule has 1 aliphatic carbocycles. The van der Waals surface area contributed by atoms with E-state index in [9.17, 15) is 0 Å². The van der Waals surface area contributed by atoms with Crippen LogP contribution in [0.2, 0.25) is 0 Å². The summed E-state index contributed by atoms with van der Waals surface area (Å²) in [6.45, 7) is 10.7. The zero-order chi connectivity index (χ0) is 11.7. The molecule has 15 heavy (non-hydrogen) atoms. The highest BCUT2D eigenvalue weighted by molar-refractivity contribution is 4.90. The van der Waals surface area contributed by atoms with Gasteiger partial charge in [0.15, 0.2) is 0 Å². The van der Waals surface area contributed by atoms with E-state index in [1.807, 2.05) is 27.7 Å². The first-order valence-electron chi connectivity index (χ1n) is 6.99. The van der Waals surface area contributed by atoms with Gasteiger partial charge in [-0.3, -0.25) is 0 Å². The van der Waals surface area contributed by atoms with Crippen molar-refractivity contribution < 1.29 is 0 Å². The Bertz CT molecular complexity index is 131. The molecule has 0 amide bonds. The lowest BCUT2D eigenvalue weighted by Crippen LogP contribution is -2.27. The predicted octanol–water partition coefficient (Wildman–Crippen LogP) is 4.32. The standard InChI is InChI=1S/C10H19N.2C2H6/c1-11-8-7-10(9-11)5-3-2-4-6-10;2*1-2/h2-9H2,1H3;2*1-2H3. The molecule has 1 heteroatoms. The largest absolute Gasteiger partial charge is 0.306 e. The van der Waals surface area contributed by atoms with E-state index in [0.717, 1.165) is 5.41 Å². The van der Waals surface area contributed by atoms with Crippen LogP contribution in [0.15, 0.2) is 0 Å². The van der Waals surface area contributed by atoms with Crippen molar-refractivity contribution in [3.05, 3.63) is 0 Å². The zero-order valence-electron chi connectivity index (χ0n) is 11.6. The highest BCUT2D eigenvalue weighted by Crippen LogP contribution is 2.42. The third kappa shape index (κ3) is 4.55. The van der Waals surface area contributed by atoms with Gasteiger partial charge < -0.3 is 4.90 Å². The maximum Gasteiger partial charge on any atom is 0.00354 e. The Labute approximate surface area is 97.2 Å². The number of hydrogen-bond donors (Lipinski definition) is 0. The lowest BCUT2D eigenvalue weighted by Gasteiger charge is -2.32. The molecule has 1 saturated heterocycles. The van der Waals surface area contributed by atoms with Crippen molar-refractivity contribution in [1.29, 1.82) is 0 Å². The van der Waals surface area contributed by atoms with Crippen LogP contribution in [-0.2, 0) is 0 Å². The van der Waals surface area contributed by atoms with Crippen molar-refractivity contribution >= 4 is 0 Å². The van der Waals surface area contributed by atoms with E-state index < -0.39 is 0 Å². The van der Waals surface area contributed by atoms with Gasteiger partial charge in [0.1, 0.15) is 0 Å².